The summed E-state index contributed by atoms with van der Waals surface area (Å²) in [6, 6.07) is 0. The normalized spacial score (nSPS) is 21.5. The van der Waals surface area contributed by atoms with E-state index in [4.69, 9.17) is 9.47 Å². The lowest BCUT2D eigenvalue weighted by molar-refractivity contribution is -0.126. The minimum Gasteiger partial charge on any atom is -0.444 e. The lowest BCUT2D eigenvalue weighted by atomic mass is 10.0. The maximum Gasteiger partial charge on any atom is 0.407 e. The summed E-state index contributed by atoms with van der Waals surface area (Å²) >= 11 is 0. The van der Waals surface area contributed by atoms with Crippen LogP contribution >= 0.6 is 0 Å². The van der Waals surface area contributed by atoms with Gasteiger partial charge in [0, 0.05) is 19.7 Å². The first-order valence-electron chi connectivity index (χ1n) is 8.19. The van der Waals surface area contributed by atoms with Gasteiger partial charge in [-0.1, -0.05) is 19.8 Å². The zero-order valence-corrected chi connectivity index (χ0v) is 14.2. The predicted octanol–water partition coefficient (Wildman–Crippen LogP) is 2.22. The molecule has 128 valence electrons. The Morgan fingerprint density at radius 3 is 2.59 bits per heavy atom. The first-order chi connectivity index (χ1) is 10.3. The Hall–Kier alpha value is -1.30. The topological polar surface area (TPSA) is 76.7 Å². The number of amides is 2. The highest BCUT2D eigenvalue weighted by Gasteiger charge is 2.34. The van der Waals surface area contributed by atoms with E-state index in [0.29, 0.717) is 26.1 Å². The van der Waals surface area contributed by atoms with Crippen LogP contribution in [0.25, 0.3) is 0 Å². The number of nitrogens with one attached hydrogen (secondary N) is 2. The first-order valence-corrected chi connectivity index (χ1v) is 8.19. The van der Waals surface area contributed by atoms with E-state index >= 15 is 0 Å². The zero-order chi connectivity index (χ0) is 16.6. The molecule has 0 bridgehead atoms. The molecule has 1 rings (SSSR count). The second-order valence-corrected chi connectivity index (χ2v) is 6.69. The summed E-state index contributed by atoms with van der Waals surface area (Å²) in [5, 5.41) is 5.63. The van der Waals surface area contributed by atoms with Crippen LogP contribution in [-0.2, 0) is 14.3 Å². The van der Waals surface area contributed by atoms with Crippen molar-refractivity contribution in [3.63, 3.8) is 0 Å². The number of hydrogen-bond donors (Lipinski definition) is 2. The van der Waals surface area contributed by atoms with Crippen LogP contribution in [0.4, 0.5) is 4.79 Å². The molecule has 2 atom stereocenters. The Kier molecular flexibility index (Phi) is 7.65. The number of alkyl carbamates (subject to hydrolysis) is 1. The molecule has 0 aliphatic carbocycles. The van der Waals surface area contributed by atoms with Crippen LogP contribution in [-0.4, -0.2) is 43.4 Å². The second kappa shape index (κ2) is 8.98. The average Bonchev–Trinajstić information content (AvgIpc) is 2.87. The van der Waals surface area contributed by atoms with Gasteiger partial charge in [0.15, 0.2) is 0 Å². The minimum atomic E-state index is -0.531. The van der Waals surface area contributed by atoms with Crippen molar-refractivity contribution in [3.05, 3.63) is 0 Å². The summed E-state index contributed by atoms with van der Waals surface area (Å²) < 4.78 is 10.7. The van der Waals surface area contributed by atoms with Crippen LogP contribution in [0, 0.1) is 5.92 Å². The summed E-state index contributed by atoms with van der Waals surface area (Å²) in [5.41, 5.74) is -0.531. The van der Waals surface area contributed by atoms with Crippen molar-refractivity contribution in [1.82, 2.24) is 10.6 Å². The summed E-state index contributed by atoms with van der Waals surface area (Å²) in [4.78, 5) is 23.8. The molecule has 1 aliphatic rings. The van der Waals surface area contributed by atoms with Gasteiger partial charge in [-0.2, -0.15) is 0 Å². The Morgan fingerprint density at radius 2 is 1.95 bits per heavy atom. The fourth-order valence-electron chi connectivity index (χ4n) is 2.37. The Labute approximate surface area is 133 Å². The van der Waals surface area contributed by atoms with Crippen LogP contribution in [0.3, 0.4) is 0 Å². The fraction of sp³-hybridized carbons (Fsp3) is 0.875. The second-order valence-electron chi connectivity index (χ2n) is 6.69. The molecule has 1 heterocycles. The molecular formula is C16H30N2O4. The molecule has 0 unspecified atom stereocenters. The molecule has 6 heteroatoms. The fourth-order valence-corrected chi connectivity index (χ4v) is 2.37. The summed E-state index contributed by atoms with van der Waals surface area (Å²) in [6.45, 7) is 9.11. The largest absolute Gasteiger partial charge is 0.444 e. The number of ether oxygens (including phenoxy) is 2. The highest BCUT2D eigenvalue weighted by molar-refractivity contribution is 5.79. The molecule has 2 N–H and O–H groups in total. The van der Waals surface area contributed by atoms with E-state index in [1.807, 2.05) is 20.8 Å². The molecule has 1 saturated heterocycles. The van der Waals surface area contributed by atoms with E-state index in [9.17, 15) is 9.59 Å². The quantitative estimate of drug-likeness (QED) is 0.706. The monoisotopic (exact) mass is 314 g/mol. The summed E-state index contributed by atoms with van der Waals surface area (Å²) in [5.74, 6) is -0.179. The van der Waals surface area contributed by atoms with Crippen LogP contribution in [0.5, 0.6) is 0 Å². The van der Waals surface area contributed by atoms with Crippen molar-refractivity contribution in [2.45, 2.75) is 65.1 Å². The highest BCUT2D eigenvalue weighted by Crippen LogP contribution is 2.21. The maximum atomic E-state index is 12.2. The van der Waals surface area contributed by atoms with Crippen LogP contribution in [0.15, 0.2) is 0 Å². The van der Waals surface area contributed by atoms with Gasteiger partial charge >= 0.3 is 6.09 Å². The van der Waals surface area contributed by atoms with E-state index in [0.717, 1.165) is 19.3 Å². The van der Waals surface area contributed by atoms with Crippen molar-refractivity contribution >= 4 is 12.0 Å². The molecule has 0 aromatic heterocycles. The van der Waals surface area contributed by atoms with Crippen LogP contribution in [0.2, 0.25) is 0 Å². The van der Waals surface area contributed by atoms with Gasteiger partial charge in [0.2, 0.25) is 5.91 Å². The molecule has 1 aliphatic heterocycles. The third kappa shape index (κ3) is 7.11. The molecule has 0 aromatic carbocycles. The predicted molar refractivity (Wildman–Crippen MR) is 84.6 cm³/mol. The minimum absolute atomic E-state index is 0.0181. The standard InChI is InChI=1S/C16H30N2O4/c1-5-6-7-9-17-14(19)12-8-10-21-13(12)11-18-15(20)22-16(2,3)4/h12-13H,5-11H2,1-4H3,(H,17,19)(H,18,20)/t12-,13-/m1/s1. The lowest BCUT2D eigenvalue weighted by Crippen LogP contribution is -2.42. The van der Waals surface area contributed by atoms with Crippen molar-refractivity contribution in [2.75, 3.05) is 19.7 Å². The van der Waals surface area contributed by atoms with E-state index in [2.05, 4.69) is 17.6 Å². The van der Waals surface area contributed by atoms with Crippen LogP contribution in [0.1, 0.15) is 53.4 Å². The Bertz CT molecular complexity index is 366. The number of unbranched alkanes of at least 4 members (excludes halogenated alkanes) is 2. The van der Waals surface area contributed by atoms with E-state index in [1.54, 1.807) is 0 Å². The molecule has 6 nitrogen and oxygen atoms in total. The highest BCUT2D eigenvalue weighted by atomic mass is 16.6. The van der Waals surface area contributed by atoms with Gasteiger partial charge in [0.25, 0.3) is 0 Å². The third-order valence-electron chi connectivity index (χ3n) is 3.47. The SMILES string of the molecule is CCCCCNC(=O)[C@@H]1CCO[C@@H]1CNC(=O)OC(C)(C)C. The van der Waals surface area contributed by atoms with Gasteiger partial charge < -0.3 is 20.1 Å². The van der Waals surface area contributed by atoms with Gasteiger partial charge in [-0.3, -0.25) is 4.79 Å². The Balaban J connectivity index is 2.33. The van der Waals surface area contributed by atoms with Crippen molar-refractivity contribution in [1.29, 1.82) is 0 Å². The lowest BCUT2D eigenvalue weighted by Gasteiger charge is -2.22. The zero-order valence-electron chi connectivity index (χ0n) is 14.2. The van der Waals surface area contributed by atoms with Crippen molar-refractivity contribution < 1.29 is 19.1 Å². The van der Waals surface area contributed by atoms with Crippen molar-refractivity contribution in [2.24, 2.45) is 5.92 Å². The molecule has 0 radical (unpaired) electrons. The Morgan fingerprint density at radius 1 is 1.23 bits per heavy atom. The van der Waals surface area contributed by atoms with Gasteiger partial charge in [0.1, 0.15) is 5.60 Å². The summed E-state index contributed by atoms with van der Waals surface area (Å²) in [6.07, 6.45) is 3.18. The maximum absolute atomic E-state index is 12.2. The number of hydrogen-bond acceptors (Lipinski definition) is 4. The molecule has 22 heavy (non-hydrogen) atoms. The average molecular weight is 314 g/mol. The van der Waals surface area contributed by atoms with Gasteiger partial charge in [0.05, 0.1) is 12.0 Å². The van der Waals surface area contributed by atoms with Gasteiger partial charge in [-0.15, -0.1) is 0 Å². The molecule has 2 amide bonds. The van der Waals surface area contributed by atoms with E-state index < -0.39 is 11.7 Å². The smallest absolute Gasteiger partial charge is 0.407 e. The van der Waals surface area contributed by atoms with Crippen LogP contribution < -0.4 is 10.6 Å². The number of carbonyl (C=O) groups excluding carboxylic acids is 2. The third-order valence-corrected chi connectivity index (χ3v) is 3.47. The van der Waals surface area contributed by atoms with E-state index in [-0.39, 0.29) is 17.9 Å². The van der Waals surface area contributed by atoms with Crippen molar-refractivity contribution in [3.8, 4) is 0 Å². The molecule has 0 aromatic rings. The van der Waals surface area contributed by atoms with Gasteiger partial charge in [-0.05, 0) is 33.6 Å². The molecular weight excluding hydrogens is 284 g/mol. The first kappa shape index (κ1) is 18.7. The molecule has 0 spiro atoms. The molecule has 0 saturated carbocycles. The summed E-state index contributed by atoms with van der Waals surface area (Å²) in [7, 11) is 0. The molecule has 1 fully saturated rings. The number of rotatable bonds is 7. The van der Waals surface area contributed by atoms with Gasteiger partial charge in [-0.25, -0.2) is 4.79 Å². The number of carbonyl (C=O) groups is 2. The van der Waals surface area contributed by atoms with E-state index in [1.165, 1.54) is 0 Å².